The summed E-state index contributed by atoms with van der Waals surface area (Å²) in [5, 5.41) is 3.47. The lowest BCUT2D eigenvalue weighted by molar-refractivity contribution is -0.115. The Kier molecular flexibility index (Phi) is 4.05. The number of aromatic nitrogens is 1. The zero-order valence-electron chi connectivity index (χ0n) is 14.1. The van der Waals surface area contributed by atoms with Crippen molar-refractivity contribution >= 4 is 56.9 Å². The molecule has 1 aliphatic heterocycles. The number of thiocarbonyl (C=S) groups is 1. The van der Waals surface area contributed by atoms with Gasteiger partial charge in [-0.25, -0.2) is 0 Å². The van der Waals surface area contributed by atoms with E-state index in [1.165, 1.54) is 11.8 Å². The summed E-state index contributed by atoms with van der Waals surface area (Å²) >= 11 is 6.24. The number of thioether (sulfide) groups is 1. The first-order valence-corrected chi connectivity index (χ1v) is 9.14. The van der Waals surface area contributed by atoms with Crippen molar-refractivity contribution in [1.29, 1.82) is 0 Å². The number of hydrogen-bond acceptors (Lipinski definition) is 6. The molecule has 1 fully saturated rings. The molecular weight excluding hydrogens is 366 g/mol. The molecule has 1 aromatic carbocycles. The third-order valence-corrected chi connectivity index (χ3v) is 5.42. The summed E-state index contributed by atoms with van der Waals surface area (Å²) in [7, 11) is 0. The third kappa shape index (κ3) is 2.89. The van der Waals surface area contributed by atoms with Crippen LogP contribution < -0.4 is 11.1 Å². The number of carbonyl (C=O) groups excluding carboxylic acids is 1. The number of nitrogens with one attached hydrogen (secondary N) is 1. The van der Waals surface area contributed by atoms with Gasteiger partial charge in [0, 0.05) is 35.1 Å². The zero-order chi connectivity index (χ0) is 18.4. The van der Waals surface area contributed by atoms with Crippen molar-refractivity contribution in [2.24, 2.45) is 0 Å². The fraction of sp³-hybridized carbons (Fsp3) is 0.105. The molecule has 7 heteroatoms. The van der Waals surface area contributed by atoms with Crippen molar-refractivity contribution in [2.45, 2.75) is 13.8 Å². The van der Waals surface area contributed by atoms with Gasteiger partial charge in [0.1, 0.15) is 15.7 Å². The number of aryl methyl sites for hydroxylation is 2. The second-order valence-corrected chi connectivity index (χ2v) is 7.85. The molecule has 0 spiro atoms. The highest BCUT2D eigenvalue weighted by Crippen LogP contribution is 2.34. The van der Waals surface area contributed by atoms with Gasteiger partial charge in [0.25, 0.3) is 5.91 Å². The maximum Gasteiger partial charge on any atom is 0.263 e. The second kappa shape index (κ2) is 6.26. The first-order chi connectivity index (χ1) is 12.4. The fourth-order valence-corrected chi connectivity index (χ4v) is 3.96. The van der Waals surface area contributed by atoms with E-state index in [-0.39, 0.29) is 5.91 Å². The molecule has 26 heavy (non-hydrogen) atoms. The minimum atomic E-state index is -0.205. The van der Waals surface area contributed by atoms with Gasteiger partial charge in [-0.3, -0.25) is 9.78 Å². The monoisotopic (exact) mass is 381 g/mol. The van der Waals surface area contributed by atoms with Gasteiger partial charge in [0.05, 0.1) is 4.91 Å². The molecule has 1 amide bonds. The molecular formula is C19H15N3O2S2. The molecule has 3 aromatic rings. The molecule has 0 atom stereocenters. The van der Waals surface area contributed by atoms with Gasteiger partial charge in [-0.15, -0.1) is 0 Å². The van der Waals surface area contributed by atoms with E-state index in [1.54, 1.807) is 18.5 Å². The largest absolute Gasteiger partial charge is 0.456 e. The lowest BCUT2D eigenvalue weighted by Gasteiger charge is -2.09. The summed E-state index contributed by atoms with van der Waals surface area (Å²) in [6.07, 6.45) is 5.22. The van der Waals surface area contributed by atoms with Crippen LogP contribution in [-0.2, 0) is 4.79 Å². The van der Waals surface area contributed by atoms with E-state index in [0.717, 1.165) is 38.9 Å². The van der Waals surface area contributed by atoms with E-state index in [9.17, 15) is 4.79 Å². The highest BCUT2D eigenvalue weighted by atomic mass is 32.2. The van der Waals surface area contributed by atoms with Gasteiger partial charge in [-0.2, -0.15) is 0 Å². The number of benzene rings is 1. The van der Waals surface area contributed by atoms with Crippen molar-refractivity contribution in [3.8, 4) is 11.1 Å². The van der Waals surface area contributed by atoms with Crippen molar-refractivity contribution in [3.05, 3.63) is 52.4 Å². The second-order valence-electron chi connectivity index (χ2n) is 6.13. The number of nitrogen functional groups attached to an aromatic ring is 1. The predicted molar refractivity (Wildman–Crippen MR) is 110 cm³/mol. The van der Waals surface area contributed by atoms with Crippen LogP contribution in [0.15, 0.2) is 39.9 Å². The zero-order valence-corrected chi connectivity index (χ0v) is 15.8. The van der Waals surface area contributed by atoms with Crippen LogP contribution in [0.1, 0.15) is 16.9 Å². The quantitative estimate of drug-likeness (QED) is 0.394. The molecule has 3 heterocycles. The topological polar surface area (TPSA) is 81.2 Å². The Labute approximate surface area is 159 Å². The standard InChI is InChI=1S/C19H15N3O2S2/c1-9-3-11(4-10(2)16(9)20)14-8-21-7-12-5-13(24-17(12)14)6-15-18(23)22-19(25)26-15/h3-8H,20H2,1-2H3,(H,22,23,25). The molecule has 0 unspecified atom stereocenters. The Morgan fingerprint density at radius 3 is 2.62 bits per heavy atom. The first-order valence-electron chi connectivity index (χ1n) is 7.92. The Balaban J connectivity index is 1.83. The molecule has 0 bridgehead atoms. The van der Waals surface area contributed by atoms with Crippen LogP contribution in [0.4, 0.5) is 5.69 Å². The summed E-state index contributed by atoms with van der Waals surface area (Å²) in [5.74, 6) is 0.379. The van der Waals surface area contributed by atoms with Crippen molar-refractivity contribution in [1.82, 2.24) is 10.3 Å². The van der Waals surface area contributed by atoms with Gasteiger partial charge in [0.2, 0.25) is 0 Å². The molecule has 0 aliphatic carbocycles. The number of nitrogens with zero attached hydrogens (tertiary/aromatic N) is 1. The first kappa shape index (κ1) is 16.8. The van der Waals surface area contributed by atoms with Crippen molar-refractivity contribution in [2.75, 3.05) is 5.73 Å². The smallest absolute Gasteiger partial charge is 0.263 e. The molecule has 5 nitrogen and oxygen atoms in total. The SMILES string of the molecule is Cc1cc(-c2cncc3cc(C=C4SC(=S)NC4=O)oc23)cc(C)c1N. The molecule has 0 radical (unpaired) electrons. The molecule has 1 saturated heterocycles. The number of carbonyl (C=O) groups is 1. The van der Waals surface area contributed by atoms with Gasteiger partial charge in [-0.1, -0.05) is 24.0 Å². The Hall–Kier alpha value is -2.64. The van der Waals surface area contributed by atoms with Crippen LogP contribution >= 0.6 is 24.0 Å². The number of nitrogens with two attached hydrogens (primary N) is 1. The Morgan fingerprint density at radius 2 is 1.96 bits per heavy atom. The number of furan rings is 1. The van der Waals surface area contributed by atoms with E-state index in [2.05, 4.69) is 10.3 Å². The highest BCUT2D eigenvalue weighted by Gasteiger charge is 2.23. The highest BCUT2D eigenvalue weighted by molar-refractivity contribution is 8.26. The van der Waals surface area contributed by atoms with Gasteiger partial charge >= 0.3 is 0 Å². The van der Waals surface area contributed by atoms with Crippen LogP contribution in [0.25, 0.3) is 28.2 Å². The third-order valence-electron chi connectivity index (χ3n) is 4.26. The summed E-state index contributed by atoms with van der Waals surface area (Å²) in [6.45, 7) is 3.96. The lowest BCUT2D eigenvalue weighted by Crippen LogP contribution is -2.17. The summed E-state index contributed by atoms with van der Waals surface area (Å²) in [5.41, 5.74) is 11.5. The van der Waals surface area contributed by atoms with Crippen LogP contribution in [0.2, 0.25) is 0 Å². The van der Waals surface area contributed by atoms with Crippen LogP contribution in [0, 0.1) is 13.8 Å². The molecule has 0 saturated carbocycles. The van der Waals surface area contributed by atoms with E-state index < -0.39 is 0 Å². The van der Waals surface area contributed by atoms with Crippen LogP contribution in [0.3, 0.4) is 0 Å². The van der Waals surface area contributed by atoms with Gasteiger partial charge in [-0.05, 0) is 48.7 Å². The Bertz CT molecular complexity index is 1090. The normalized spacial score (nSPS) is 15.8. The minimum absolute atomic E-state index is 0.205. The maximum atomic E-state index is 11.8. The number of fused-ring (bicyclic) bond motifs is 1. The number of rotatable bonds is 2. The van der Waals surface area contributed by atoms with Crippen molar-refractivity contribution in [3.63, 3.8) is 0 Å². The van der Waals surface area contributed by atoms with Gasteiger partial charge in [0.15, 0.2) is 0 Å². The van der Waals surface area contributed by atoms with E-state index >= 15 is 0 Å². The number of pyridine rings is 1. The van der Waals surface area contributed by atoms with Crippen molar-refractivity contribution < 1.29 is 9.21 Å². The Morgan fingerprint density at radius 1 is 1.23 bits per heavy atom. The molecule has 1 aliphatic rings. The number of amides is 1. The lowest BCUT2D eigenvalue weighted by atomic mass is 9.99. The van der Waals surface area contributed by atoms with E-state index in [1.807, 2.05) is 32.0 Å². The van der Waals surface area contributed by atoms with E-state index in [4.69, 9.17) is 22.4 Å². The minimum Gasteiger partial charge on any atom is -0.456 e. The average Bonchev–Trinajstić information content (AvgIpc) is 3.14. The van der Waals surface area contributed by atoms with Gasteiger partial charge < -0.3 is 15.5 Å². The van der Waals surface area contributed by atoms with Crippen LogP contribution in [0.5, 0.6) is 0 Å². The molecule has 4 rings (SSSR count). The molecule has 130 valence electrons. The summed E-state index contributed by atoms with van der Waals surface area (Å²) < 4.78 is 6.48. The molecule has 3 N–H and O–H groups in total. The average molecular weight is 381 g/mol. The number of anilines is 1. The predicted octanol–water partition coefficient (Wildman–Crippen LogP) is 4.18. The summed E-state index contributed by atoms with van der Waals surface area (Å²) in [4.78, 5) is 16.7. The maximum absolute atomic E-state index is 11.8. The summed E-state index contributed by atoms with van der Waals surface area (Å²) in [6, 6.07) is 5.92. The number of hydrogen-bond donors (Lipinski definition) is 2. The molecule has 2 aromatic heterocycles. The van der Waals surface area contributed by atoms with E-state index in [0.29, 0.717) is 15.0 Å². The van der Waals surface area contributed by atoms with Crippen LogP contribution in [-0.4, -0.2) is 15.2 Å². The fourth-order valence-electron chi connectivity index (χ4n) is 2.94.